The highest BCUT2D eigenvalue weighted by Crippen LogP contribution is 2.42. The number of esters is 6. The van der Waals surface area contributed by atoms with E-state index in [0.717, 1.165) is 154 Å². The van der Waals surface area contributed by atoms with E-state index in [1.54, 1.807) is 0 Å². The molecule has 0 amide bonds. The Morgan fingerprint density at radius 1 is 0.200 bits per heavy atom. The topological polar surface area (TPSA) is 158 Å². The molecule has 0 spiro atoms. The molecule has 6 aliphatic carbocycles. The molecule has 9 rings (SSSR count). The minimum absolute atomic E-state index is 0.288. The number of hydrogen-bond acceptors (Lipinski definition) is 12. The fourth-order valence-electron chi connectivity index (χ4n) is 19.5. The number of unbranched alkanes of at least 4 members (excludes halogenated alkanes) is 24. The van der Waals surface area contributed by atoms with E-state index in [4.69, 9.17) is 28.4 Å². The Bertz CT molecular complexity index is 3190. The summed E-state index contributed by atoms with van der Waals surface area (Å²) in [5, 5.41) is 0. The fraction of sp³-hybridized carbons (Fsp3) is 0.765. The third kappa shape index (κ3) is 36.3. The number of rotatable bonds is 48. The Labute approximate surface area is 719 Å². The summed E-state index contributed by atoms with van der Waals surface area (Å²) >= 11 is 0. The van der Waals surface area contributed by atoms with E-state index in [0.29, 0.717) is 35.5 Å². The summed E-state index contributed by atoms with van der Waals surface area (Å²) in [6.45, 7) is 13.3. The Hall–Kier alpha value is -5.94. The lowest BCUT2D eigenvalue weighted by atomic mass is 9.79. The smallest absolute Gasteiger partial charge is 0.314 e. The van der Waals surface area contributed by atoms with Crippen LogP contribution in [-0.4, -0.2) is 35.8 Å². The summed E-state index contributed by atoms with van der Waals surface area (Å²) in [6.07, 6.45) is 65.6. The molecule has 0 radical (unpaired) electrons. The van der Waals surface area contributed by atoms with Crippen molar-refractivity contribution in [2.75, 3.05) is 0 Å². The van der Waals surface area contributed by atoms with Crippen LogP contribution in [0.3, 0.4) is 0 Å². The molecule has 0 unspecified atom stereocenters. The fourth-order valence-corrected chi connectivity index (χ4v) is 19.5. The molecule has 678 valence electrons. The SMILES string of the molecule is CCCCCCC1CCC(C(=O)Oc2ccc(OC(=O)C3CCC(CCCCCC)CC3)c(F)c2F)CC1.CCCCCCCC1CCC(C(=O)Oc2ccc(OC(=O)C3CCC(CCCCCCC)CC3)c(F)c2F)CC1.CCCCCCCCC1CCC(C(=O)Oc2ccc(OC(=O)C3CCC(CCCCCCCC)CC3)c(F)c2F)CC1. The van der Waals surface area contributed by atoms with Gasteiger partial charge in [-0.05, 0) is 226 Å². The molecule has 0 heterocycles. The van der Waals surface area contributed by atoms with E-state index in [1.807, 2.05) is 0 Å². The molecule has 120 heavy (non-hydrogen) atoms. The Morgan fingerprint density at radius 3 is 0.450 bits per heavy atom. The molecule has 0 N–H and O–H groups in total. The normalized spacial score (nSPS) is 23.1. The van der Waals surface area contributed by atoms with Crippen molar-refractivity contribution in [2.45, 2.75) is 427 Å². The van der Waals surface area contributed by atoms with Crippen LogP contribution in [0.15, 0.2) is 36.4 Å². The van der Waals surface area contributed by atoms with Crippen LogP contribution in [-0.2, 0) is 28.8 Å². The molecular weight excluding hydrogens is 1530 g/mol. The zero-order valence-corrected chi connectivity index (χ0v) is 75.0. The Morgan fingerprint density at radius 2 is 0.317 bits per heavy atom. The Balaban J connectivity index is 0.000000248. The van der Waals surface area contributed by atoms with E-state index < -0.39 is 105 Å². The lowest BCUT2D eigenvalue weighted by Gasteiger charge is -2.27. The van der Waals surface area contributed by atoms with E-state index >= 15 is 0 Å². The van der Waals surface area contributed by atoms with Crippen molar-refractivity contribution in [1.82, 2.24) is 0 Å². The van der Waals surface area contributed by atoms with Crippen molar-refractivity contribution in [3.8, 4) is 34.5 Å². The minimum atomic E-state index is -1.29. The molecule has 6 saturated carbocycles. The number of ether oxygens (including phenoxy) is 6. The highest BCUT2D eigenvalue weighted by atomic mass is 19.2. The molecular formula is C102H156F6O12. The summed E-state index contributed by atoms with van der Waals surface area (Å²) < 4.78 is 120. The monoisotopic (exact) mass is 1690 g/mol. The van der Waals surface area contributed by atoms with Crippen LogP contribution in [0.2, 0.25) is 0 Å². The van der Waals surface area contributed by atoms with Crippen molar-refractivity contribution in [2.24, 2.45) is 71.0 Å². The van der Waals surface area contributed by atoms with E-state index in [-0.39, 0.29) is 35.5 Å². The number of benzene rings is 3. The van der Waals surface area contributed by atoms with Crippen molar-refractivity contribution >= 4 is 35.8 Å². The van der Waals surface area contributed by atoms with Gasteiger partial charge in [0, 0.05) is 0 Å². The molecule has 12 nitrogen and oxygen atoms in total. The van der Waals surface area contributed by atoms with Crippen LogP contribution in [0.4, 0.5) is 26.3 Å². The van der Waals surface area contributed by atoms with Crippen molar-refractivity contribution in [1.29, 1.82) is 0 Å². The van der Waals surface area contributed by atoms with Crippen LogP contribution in [0.1, 0.15) is 427 Å². The molecule has 6 fully saturated rings. The van der Waals surface area contributed by atoms with Gasteiger partial charge in [-0.3, -0.25) is 28.8 Å². The number of halogens is 6. The molecule has 0 saturated heterocycles. The van der Waals surface area contributed by atoms with Crippen LogP contribution in [0.25, 0.3) is 0 Å². The van der Waals surface area contributed by atoms with Crippen molar-refractivity contribution in [3.63, 3.8) is 0 Å². The lowest BCUT2D eigenvalue weighted by molar-refractivity contribution is -0.141. The molecule has 0 aromatic heterocycles. The first-order chi connectivity index (χ1) is 58.3. The van der Waals surface area contributed by atoms with Crippen LogP contribution in [0.5, 0.6) is 34.5 Å². The summed E-state index contributed by atoms with van der Waals surface area (Å²) in [6, 6.07) is 7.14. The maximum atomic E-state index is 14.8. The number of hydrogen-bond donors (Lipinski definition) is 0. The third-order valence-electron chi connectivity index (χ3n) is 27.7. The molecule has 0 bridgehead atoms. The highest BCUT2D eigenvalue weighted by molar-refractivity contribution is 5.79. The van der Waals surface area contributed by atoms with Crippen LogP contribution in [0, 0.1) is 106 Å². The second-order valence-electron chi connectivity index (χ2n) is 37.1. The molecule has 6 aliphatic rings. The number of carbonyl (C=O) groups excluding carboxylic acids is 6. The highest BCUT2D eigenvalue weighted by Gasteiger charge is 2.37. The third-order valence-corrected chi connectivity index (χ3v) is 27.7. The summed E-state index contributed by atoms with van der Waals surface area (Å²) in [4.78, 5) is 76.1. The van der Waals surface area contributed by atoms with Gasteiger partial charge >= 0.3 is 35.8 Å². The first kappa shape index (κ1) is 101. The average Bonchev–Trinajstić information content (AvgIpc) is 0.825. The summed E-state index contributed by atoms with van der Waals surface area (Å²) in [7, 11) is 0. The van der Waals surface area contributed by atoms with Gasteiger partial charge in [-0.1, -0.05) is 273 Å². The van der Waals surface area contributed by atoms with Crippen molar-refractivity contribution < 1.29 is 83.5 Å². The molecule has 3 aromatic carbocycles. The maximum absolute atomic E-state index is 14.8. The minimum Gasteiger partial charge on any atom is -0.423 e. The van der Waals surface area contributed by atoms with Gasteiger partial charge in [-0.2, -0.15) is 26.3 Å². The average molecular weight is 1690 g/mol. The van der Waals surface area contributed by atoms with Gasteiger partial charge < -0.3 is 28.4 Å². The van der Waals surface area contributed by atoms with Gasteiger partial charge in [-0.15, -0.1) is 0 Å². The molecule has 0 atom stereocenters. The van der Waals surface area contributed by atoms with Crippen LogP contribution >= 0.6 is 0 Å². The summed E-state index contributed by atoms with van der Waals surface area (Å²) in [5.74, 6) is -11.3. The van der Waals surface area contributed by atoms with Gasteiger partial charge in [0.15, 0.2) is 34.5 Å². The maximum Gasteiger partial charge on any atom is 0.314 e. The van der Waals surface area contributed by atoms with Gasteiger partial charge in [0.25, 0.3) is 0 Å². The second-order valence-corrected chi connectivity index (χ2v) is 37.1. The standard InChI is InChI=1S/C36H56F2O4.C34H52F2O4.C32H48F2O4/c1-3-5-7-9-11-13-15-27-17-21-29(22-18-27)35(39)41-31-25-26-32(34(38)33(31)37)42-36(40)30-23-19-28(20-24-30)16-14-12-10-8-6-4-2;1-3-5-7-9-11-13-25-15-19-27(20-16-25)33(37)39-29-23-24-30(32(36)31(29)35)40-34(38)28-21-17-26(18-22-28)14-12-10-8-6-4-2;1-3-5-7-9-11-23-13-17-25(18-14-23)31(35)37-27-21-22-28(30(34)29(27)33)38-32(36)26-19-15-24(16-20-26)12-10-8-6-4-2/h25-30H,3-24H2,1-2H3;23-28H,3-22H2,1-2H3;21-26H,3-20H2,1-2H3. The van der Waals surface area contributed by atoms with Gasteiger partial charge in [0.05, 0.1) is 35.5 Å². The molecule has 0 aliphatic heterocycles. The second kappa shape index (κ2) is 58.3. The molecule has 18 heteroatoms. The quantitative estimate of drug-likeness (QED) is 0.0228. The zero-order valence-electron chi connectivity index (χ0n) is 75.0. The predicted molar refractivity (Wildman–Crippen MR) is 466 cm³/mol. The van der Waals surface area contributed by atoms with Gasteiger partial charge in [0.2, 0.25) is 34.9 Å². The van der Waals surface area contributed by atoms with E-state index in [1.165, 1.54) is 268 Å². The Kier molecular flexibility index (Phi) is 49.1. The van der Waals surface area contributed by atoms with Gasteiger partial charge in [0.1, 0.15) is 0 Å². The first-order valence-corrected chi connectivity index (χ1v) is 49.0. The van der Waals surface area contributed by atoms with E-state index in [2.05, 4.69) is 41.5 Å². The lowest BCUT2D eigenvalue weighted by Crippen LogP contribution is -2.27. The predicted octanol–water partition coefficient (Wildman–Crippen LogP) is 30.3. The van der Waals surface area contributed by atoms with Gasteiger partial charge in [-0.25, -0.2) is 0 Å². The summed E-state index contributed by atoms with van der Waals surface area (Å²) in [5.41, 5.74) is 0. The number of carbonyl (C=O) groups is 6. The van der Waals surface area contributed by atoms with E-state index in [9.17, 15) is 55.1 Å². The van der Waals surface area contributed by atoms with Crippen LogP contribution < -0.4 is 28.4 Å². The largest absolute Gasteiger partial charge is 0.423 e. The molecule has 3 aromatic rings. The zero-order chi connectivity index (χ0) is 86.2. The first-order valence-electron chi connectivity index (χ1n) is 49.0. The van der Waals surface area contributed by atoms with Crippen molar-refractivity contribution in [3.05, 3.63) is 71.3 Å².